The number of carboxylic acid groups (broad SMARTS) is 2. The Hall–Kier alpha value is -2.18. The van der Waals surface area contributed by atoms with E-state index in [4.69, 9.17) is 9.84 Å². The molecule has 0 aliphatic heterocycles. The Kier molecular flexibility index (Phi) is 6.95. The van der Waals surface area contributed by atoms with Crippen molar-refractivity contribution in [2.24, 2.45) is 50.2 Å². The molecule has 5 aliphatic carbocycles. The molecule has 0 saturated heterocycles. The highest BCUT2D eigenvalue weighted by Crippen LogP contribution is 2.75. The van der Waals surface area contributed by atoms with Crippen molar-refractivity contribution < 1.29 is 34.1 Å². The molecular formula is C34H50O7. The molecule has 0 radical (unpaired) electrons. The smallest absolute Gasteiger partial charge is 0.309 e. The highest BCUT2D eigenvalue weighted by molar-refractivity contribution is 5.95. The van der Waals surface area contributed by atoms with Crippen molar-refractivity contribution in [3.63, 3.8) is 0 Å². The molecule has 0 aromatic rings. The summed E-state index contributed by atoms with van der Waals surface area (Å²) in [5, 5.41) is 19.1. The number of ketones is 1. The van der Waals surface area contributed by atoms with Crippen LogP contribution in [-0.4, -0.2) is 40.0 Å². The first-order chi connectivity index (χ1) is 18.8. The second-order valence-electron chi connectivity index (χ2n) is 16.3. The van der Waals surface area contributed by atoms with Gasteiger partial charge in [0, 0.05) is 11.3 Å². The Bertz CT molecular complexity index is 1200. The van der Waals surface area contributed by atoms with Crippen LogP contribution in [0.4, 0.5) is 0 Å². The summed E-state index contributed by atoms with van der Waals surface area (Å²) in [5.41, 5.74) is -0.553. The largest absolute Gasteiger partial charge is 0.481 e. The van der Waals surface area contributed by atoms with Crippen LogP contribution in [0.3, 0.4) is 0 Å². The highest BCUT2D eigenvalue weighted by Gasteiger charge is 2.70. The summed E-state index contributed by atoms with van der Waals surface area (Å²) in [4.78, 5) is 50.3. The molecule has 7 heteroatoms. The highest BCUT2D eigenvalue weighted by atomic mass is 16.5. The summed E-state index contributed by atoms with van der Waals surface area (Å²) < 4.78 is 5.91. The van der Waals surface area contributed by atoms with Gasteiger partial charge < -0.3 is 14.9 Å². The van der Waals surface area contributed by atoms with Crippen LogP contribution in [0, 0.1) is 50.2 Å². The van der Waals surface area contributed by atoms with E-state index in [1.165, 1.54) is 5.57 Å². The van der Waals surface area contributed by atoms with Gasteiger partial charge in [0.2, 0.25) is 0 Å². The first-order valence-corrected chi connectivity index (χ1v) is 15.7. The zero-order valence-corrected chi connectivity index (χ0v) is 26.1. The Morgan fingerprint density at radius 3 is 2.17 bits per heavy atom. The number of hydrogen-bond donors (Lipinski definition) is 2. The van der Waals surface area contributed by atoms with Gasteiger partial charge in [-0.05, 0) is 104 Å². The zero-order chi connectivity index (χ0) is 30.4. The van der Waals surface area contributed by atoms with Crippen LogP contribution in [0.5, 0.6) is 0 Å². The van der Waals surface area contributed by atoms with Crippen molar-refractivity contribution in [3.05, 3.63) is 11.6 Å². The SMILES string of the molecule is CC1(C)[C@@H](OC(=O)CCC(=O)O)CC[C@@]2(C)[C@@H]1CC[C@]1(C)[C@H]2C(=O)C=C2[C@@H]3C[C@](C)(C(=O)O)CC[C@]3(C)CC[C@]21C. The molecule has 0 aromatic heterocycles. The maximum absolute atomic E-state index is 14.5. The molecule has 0 aromatic carbocycles. The van der Waals surface area contributed by atoms with E-state index in [0.717, 1.165) is 38.5 Å². The van der Waals surface area contributed by atoms with Crippen molar-refractivity contribution in [1.29, 1.82) is 0 Å². The van der Waals surface area contributed by atoms with Gasteiger partial charge in [-0.25, -0.2) is 0 Å². The first kappa shape index (κ1) is 30.3. The summed E-state index contributed by atoms with van der Waals surface area (Å²) in [6.07, 6.45) is 8.80. The normalized spacial score (nSPS) is 46.6. The Morgan fingerprint density at radius 1 is 0.878 bits per heavy atom. The second-order valence-corrected chi connectivity index (χ2v) is 16.3. The molecule has 4 saturated carbocycles. The lowest BCUT2D eigenvalue weighted by Gasteiger charge is -2.70. The van der Waals surface area contributed by atoms with Gasteiger partial charge in [-0.3, -0.25) is 19.2 Å². The van der Waals surface area contributed by atoms with Crippen molar-refractivity contribution >= 4 is 23.7 Å². The van der Waals surface area contributed by atoms with Crippen LogP contribution in [0.15, 0.2) is 11.6 Å². The Labute approximate surface area is 244 Å². The third-order valence-electron chi connectivity index (χ3n) is 13.8. The molecule has 2 N–H and O–H groups in total. The summed E-state index contributed by atoms with van der Waals surface area (Å²) in [6, 6.07) is 0. The van der Waals surface area contributed by atoms with Crippen molar-refractivity contribution in [2.75, 3.05) is 0 Å². The predicted octanol–water partition coefficient (Wildman–Crippen LogP) is 6.83. The van der Waals surface area contributed by atoms with Crippen LogP contribution < -0.4 is 0 Å². The molecule has 0 spiro atoms. The van der Waals surface area contributed by atoms with Crippen LogP contribution in [0.25, 0.3) is 0 Å². The lowest BCUT2D eigenvalue weighted by molar-refractivity contribution is -0.211. The number of carbonyl (C=O) groups excluding carboxylic acids is 2. The quantitative estimate of drug-likeness (QED) is 0.348. The molecule has 9 atom stereocenters. The maximum atomic E-state index is 14.5. The minimum Gasteiger partial charge on any atom is -0.481 e. The molecule has 0 heterocycles. The van der Waals surface area contributed by atoms with Gasteiger partial charge in [-0.15, -0.1) is 0 Å². The van der Waals surface area contributed by atoms with E-state index >= 15 is 0 Å². The molecule has 228 valence electrons. The van der Waals surface area contributed by atoms with Gasteiger partial charge in [0.1, 0.15) is 6.10 Å². The Morgan fingerprint density at radius 2 is 1.54 bits per heavy atom. The van der Waals surface area contributed by atoms with E-state index < -0.39 is 23.3 Å². The number of hydrogen-bond acceptors (Lipinski definition) is 5. The van der Waals surface area contributed by atoms with Gasteiger partial charge in [-0.1, -0.05) is 47.1 Å². The second kappa shape index (κ2) is 9.41. The molecule has 0 amide bonds. The fourth-order valence-electron chi connectivity index (χ4n) is 11.0. The van der Waals surface area contributed by atoms with E-state index in [2.05, 4.69) is 41.5 Å². The minimum absolute atomic E-state index is 0.0233. The van der Waals surface area contributed by atoms with Gasteiger partial charge in [0.25, 0.3) is 0 Å². The average Bonchev–Trinajstić information content (AvgIpc) is 2.86. The standard InChI is InChI=1S/C34H50O7/c1-29(2)23-10-13-34(7)27(32(23,5)12-11-24(29)41-26(38)9-8-25(36)37)22(35)18-20-21-19-31(4,28(39)40)15-14-30(21,3)16-17-33(20,34)6/h18,21,23-24,27H,8-17,19H2,1-7H3,(H,36,37)(H,39,40)/t21-,23+,24-,27-,30+,31+,32-,33+,34+/m0/s1. The minimum atomic E-state index is -1.01. The number of allylic oxidation sites excluding steroid dienone is 2. The fraction of sp³-hybridized carbons (Fsp3) is 0.824. The van der Waals surface area contributed by atoms with Gasteiger partial charge in [0.05, 0.1) is 18.3 Å². The number of ether oxygens (including phenoxy) is 1. The third kappa shape index (κ3) is 4.25. The van der Waals surface area contributed by atoms with Gasteiger partial charge in [-0.2, -0.15) is 0 Å². The monoisotopic (exact) mass is 570 g/mol. The van der Waals surface area contributed by atoms with E-state index in [1.54, 1.807) is 0 Å². The molecule has 4 fully saturated rings. The van der Waals surface area contributed by atoms with Crippen molar-refractivity contribution in [2.45, 2.75) is 125 Å². The first-order valence-electron chi connectivity index (χ1n) is 15.7. The summed E-state index contributed by atoms with van der Waals surface area (Å²) in [5.74, 6) is -1.87. The zero-order valence-electron chi connectivity index (χ0n) is 26.1. The molecule has 5 aliphatic rings. The van der Waals surface area contributed by atoms with E-state index in [1.807, 2.05) is 13.0 Å². The van der Waals surface area contributed by atoms with E-state index in [0.29, 0.717) is 19.3 Å². The van der Waals surface area contributed by atoms with E-state index in [9.17, 15) is 24.3 Å². The van der Waals surface area contributed by atoms with Gasteiger partial charge in [0.15, 0.2) is 5.78 Å². The molecule has 7 nitrogen and oxygen atoms in total. The lowest BCUT2D eigenvalue weighted by atomic mass is 9.33. The number of rotatable bonds is 5. The number of esters is 1. The Balaban J connectivity index is 1.49. The maximum Gasteiger partial charge on any atom is 0.309 e. The number of fused-ring (bicyclic) bond motifs is 7. The lowest BCUT2D eigenvalue weighted by Crippen LogP contribution is -2.66. The molecule has 5 rings (SSSR count). The summed E-state index contributed by atoms with van der Waals surface area (Å²) >= 11 is 0. The summed E-state index contributed by atoms with van der Waals surface area (Å²) in [6.45, 7) is 15.5. The van der Waals surface area contributed by atoms with Crippen molar-refractivity contribution in [1.82, 2.24) is 0 Å². The fourth-order valence-corrected chi connectivity index (χ4v) is 11.0. The third-order valence-corrected chi connectivity index (χ3v) is 13.8. The van der Waals surface area contributed by atoms with Crippen molar-refractivity contribution in [3.8, 4) is 0 Å². The number of carboxylic acids is 2. The molecule has 0 unspecified atom stereocenters. The average molecular weight is 571 g/mol. The topological polar surface area (TPSA) is 118 Å². The van der Waals surface area contributed by atoms with E-state index in [-0.39, 0.29) is 69.6 Å². The van der Waals surface area contributed by atoms with Crippen LogP contribution >= 0.6 is 0 Å². The number of aliphatic carboxylic acids is 2. The predicted molar refractivity (Wildman–Crippen MR) is 154 cm³/mol. The molecule has 41 heavy (non-hydrogen) atoms. The molecule has 0 bridgehead atoms. The van der Waals surface area contributed by atoms with Crippen LogP contribution in [0.2, 0.25) is 0 Å². The number of carbonyl (C=O) groups is 4. The molecular weight excluding hydrogens is 520 g/mol. The van der Waals surface area contributed by atoms with Crippen LogP contribution in [0.1, 0.15) is 119 Å². The summed E-state index contributed by atoms with van der Waals surface area (Å²) in [7, 11) is 0. The van der Waals surface area contributed by atoms with Crippen LogP contribution in [-0.2, 0) is 23.9 Å². The van der Waals surface area contributed by atoms with Gasteiger partial charge >= 0.3 is 17.9 Å².